The molecular weight excluding hydrogens is 259 g/mol. The molecule has 1 aromatic heterocycles. The van der Waals surface area contributed by atoms with E-state index in [-0.39, 0.29) is 5.82 Å². The minimum atomic E-state index is -0.790. The highest BCUT2D eigenvalue weighted by Gasteiger charge is 2.30. The van der Waals surface area contributed by atoms with Crippen LogP contribution in [0.1, 0.15) is 18.4 Å². The first-order chi connectivity index (χ1) is 9.66. The summed E-state index contributed by atoms with van der Waals surface area (Å²) >= 11 is 0. The number of hydrogen-bond donors (Lipinski definition) is 1. The van der Waals surface area contributed by atoms with Crippen molar-refractivity contribution in [3.05, 3.63) is 41.8 Å². The molecule has 0 unspecified atom stereocenters. The lowest BCUT2D eigenvalue weighted by Crippen LogP contribution is -2.35. The third-order valence-electron chi connectivity index (χ3n) is 3.82. The molecule has 0 aliphatic carbocycles. The molecule has 4 nitrogen and oxygen atoms in total. The van der Waals surface area contributed by atoms with Gasteiger partial charge in [0, 0.05) is 18.1 Å². The monoisotopic (exact) mass is 274 g/mol. The lowest BCUT2D eigenvalue weighted by atomic mass is 10.1. The van der Waals surface area contributed by atoms with E-state index in [4.69, 9.17) is 0 Å². The molecule has 3 rings (SSSR count). The zero-order valence-electron chi connectivity index (χ0n) is 10.9. The highest BCUT2D eigenvalue weighted by atomic mass is 19.1. The van der Waals surface area contributed by atoms with E-state index in [1.54, 1.807) is 24.4 Å². The number of likely N-dealkylation sites (tertiary alicyclic amines) is 1. The number of aliphatic carboxylic acids is 1. The molecule has 5 heteroatoms. The maximum Gasteiger partial charge on any atom is 0.320 e. The second-order valence-corrected chi connectivity index (χ2v) is 5.07. The first kappa shape index (κ1) is 13.0. The zero-order chi connectivity index (χ0) is 14.1. The van der Waals surface area contributed by atoms with Crippen molar-refractivity contribution in [1.29, 1.82) is 0 Å². The van der Waals surface area contributed by atoms with E-state index < -0.39 is 12.0 Å². The van der Waals surface area contributed by atoms with Gasteiger partial charge in [-0.25, -0.2) is 4.39 Å². The van der Waals surface area contributed by atoms with Crippen molar-refractivity contribution in [2.75, 3.05) is 6.54 Å². The van der Waals surface area contributed by atoms with E-state index in [1.165, 1.54) is 6.07 Å². The van der Waals surface area contributed by atoms with Gasteiger partial charge in [-0.05, 0) is 43.1 Å². The average Bonchev–Trinajstić information content (AvgIpc) is 2.91. The summed E-state index contributed by atoms with van der Waals surface area (Å²) < 4.78 is 13.7. The van der Waals surface area contributed by atoms with E-state index >= 15 is 0 Å². The van der Waals surface area contributed by atoms with Gasteiger partial charge in [0.15, 0.2) is 0 Å². The summed E-state index contributed by atoms with van der Waals surface area (Å²) in [6.45, 7) is 1.24. The molecule has 1 fully saturated rings. The molecule has 0 saturated carbocycles. The van der Waals surface area contributed by atoms with Crippen LogP contribution >= 0.6 is 0 Å². The summed E-state index contributed by atoms with van der Waals surface area (Å²) in [6.07, 6.45) is 3.18. The molecule has 1 atom stereocenters. The number of carboxylic acids is 1. The first-order valence-electron chi connectivity index (χ1n) is 6.66. The van der Waals surface area contributed by atoms with Crippen molar-refractivity contribution in [1.82, 2.24) is 9.88 Å². The van der Waals surface area contributed by atoms with Crippen LogP contribution in [0.15, 0.2) is 30.5 Å². The zero-order valence-corrected chi connectivity index (χ0v) is 10.9. The van der Waals surface area contributed by atoms with Gasteiger partial charge in [0.05, 0.1) is 5.52 Å². The number of rotatable bonds is 3. The van der Waals surface area contributed by atoms with Crippen molar-refractivity contribution in [3.63, 3.8) is 0 Å². The fourth-order valence-corrected chi connectivity index (χ4v) is 2.84. The van der Waals surface area contributed by atoms with Gasteiger partial charge in [0.1, 0.15) is 11.9 Å². The number of halogens is 1. The number of nitrogens with zero attached hydrogens (tertiary/aromatic N) is 2. The van der Waals surface area contributed by atoms with Gasteiger partial charge in [-0.15, -0.1) is 0 Å². The molecule has 1 saturated heterocycles. The highest BCUT2D eigenvalue weighted by Crippen LogP contribution is 2.25. The van der Waals surface area contributed by atoms with Crippen LogP contribution in [0, 0.1) is 5.82 Å². The molecule has 0 spiro atoms. The number of carboxylic acid groups (broad SMARTS) is 1. The van der Waals surface area contributed by atoms with Crippen LogP contribution < -0.4 is 0 Å². The van der Waals surface area contributed by atoms with Gasteiger partial charge in [-0.1, -0.05) is 6.07 Å². The molecule has 20 heavy (non-hydrogen) atoms. The largest absolute Gasteiger partial charge is 0.480 e. The van der Waals surface area contributed by atoms with E-state index in [0.29, 0.717) is 23.9 Å². The summed E-state index contributed by atoms with van der Waals surface area (Å²) in [7, 11) is 0. The molecule has 1 aromatic carbocycles. The smallest absolute Gasteiger partial charge is 0.320 e. The Morgan fingerprint density at radius 2 is 2.30 bits per heavy atom. The van der Waals surface area contributed by atoms with E-state index in [9.17, 15) is 14.3 Å². The Morgan fingerprint density at radius 1 is 1.45 bits per heavy atom. The van der Waals surface area contributed by atoms with Gasteiger partial charge in [0.25, 0.3) is 0 Å². The summed E-state index contributed by atoms with van der Waals surface area (Å²) in [5.41, 5.74) is 1.48. The van der Waals surface area contributed by atoms with Crippen LogP contribution in [0.2, 0.25) is 0 Å². The Labute approximate surface area is 115 Å². The first-order valence-corrected chi connectivity index (χ1v) is 6.66. The Bertz CT molecular complexity index is 659. The Kier molecular flexibility index (Phi) is 3.36. The lowest BCUT2D eigenvalue weighted by molar-refractivity contribution is -0.142. The van der Waals surface area contributed by atoms with Crippen molar-refractivity contribution in [2.24, 2.45) is 0 Å². The highest BCUT2D eigenvalue weighted by molar-refractivity contribution is 5.82. The van der Waals surface area contributed by atoms with E-state index in [2.05, 4.69) is 4.98 Å². The molecule has 1 aliphatic heterocycles. The molecule has 0 bridgehead atoms. The van der Waals surface area contributed by atoms with Crippen molar-refractivity contribution < 1.29 is 14.3 Å². The Morgan fingerprint density at radius 3 is 3.10 bits per heavy atom. The normalized spacial score (nSPS) is 19.6. The van der Waals surface area contributed by atoms with Gasteiger partial charge in [0.2, 0.25) is 0 Å². The molecule has 1 aliphatic rings. The van der Waals surface area contributed by atoms with Crippen LogP contribution in [0.25, 0.3) is 10.9 Å². The molecular formula is C15H15FN2O2. The van der Waals surface area contributed by atoms with Crippen LogP contribution in [0.5, 0.6) is 0 Å². The molecule has 0 radical (unpaired) electrons. The number of hydrogen-bond acceptors (Lipinski definition) is 3. The standard InChI is InChI=1S/C15H15FN2O2/c16-12-6-5-10(14-11(12)3-1-7-17-14)9-18-8-2-4-13(18)15(19)20/h1,3,5-7,13H,2,4,8-9H2,(H,19,20)/t13-/m0/s1. The van der Waals surface area contributed by atoms with Gasteiger partial charge in [-0.3, -0.25) is 14.7 Å². The second-order valence-electron chi connectivity index (χ2n) is 5.07. The average molecular weight is 274 g/mol. The number of pyridine rings is 1. The molecule has 0 amide bonds. The van der Waals surface area contributed by atoms with Crippen molar-refractivity contribution in [2.45, 2.75) is 25.4 Å². The summed E-state index contributed by atoms with van der Waals surface area (Å²) in [4.78, 5) is 17.4. The summed E-state index contributed by atoms with van der Waals surface area (Å²) in [5.74, 6) is -1.09. The third-order valence-corrected chi connectivity index (χ3v) is 3.82. The number of carbonyl (C=O) groups is 1. The quantitative estimate of drug-likeness (QED) is 0.934. The van der Waals surface area contributed by atoms with Crippen LogP contribution in [-0.2, 0) is 11.3 Å². The topological polar surface area (TPSA) is 53.4 Å². The van der Waals surface area contributed by atoms with E-state index in [0.717, 1.165) is 18.5 Å². The fourth-order valence-electron chi connectivity index (χ4n) is 2.84. The maximum atomic E-state index is 13.7. The van der Waals surface area contributed by atoms with Gasteiger partial charge in [-0.2, -0.15) is 0 Å². The predicted molar refractivity (Wildman–Crippen MR) is 72.8 cm³/mol. The lowest BCUT2D eigenvalue weighted by Gasteiger charge is -2.21. The third kappa shape index (κ3) is 2.25. The van der Waals surface area contributed by atoms with Crippen LogP contribution in [0.4, 0.5) is 4.39 Å². The van der Waals surface area contributed by atoms with Crippen molar-refractivity contribution in [3.8, 4) is 0 Å². The Balaban J connectivity index is 1.95. The minimum Gasteiger partial charge on any atom is -0.480 e. The SMILES string of the molecule is O=C(O)[C@@H]1CCCN1Cc1ccc(F)c2cccnc12. The predicted octanol–water partition coefficient (Wildman–Crippen LogP) is 2.42. The second kappa shape index (κ2) is 5.17. The minimum absolute atomic E-state index is 0.298. The van der Waals surface area contributed by atoms with Crippen LogP contribution in [0.3, 0.4) is 0 Å². The van der Waals surface area contributed by atoms with Gasteiger partial charge < -0.3 is 5.11 Å². The molecule has 104 valence electrons. The van der Waals surface area contributed by atoms with Crippen LogP contribution in [-0.4, -0.2) is 33.5 Å². The van der Waals surface area contributed by atoms with Gasteiger partial charge >= 0.3 is 5.97 Å². The molecule has 2 aromatic rings. The maximum absolute atomic E-state index is 13.7. The van der Waals surface area contributed by atoms with Crippen molar-refractivity contribution >= 4 is 16.9 Å². The number of aromatic nitrogens is 1. The fraction of sp³-hybridized carbons (Fsp3) is 0.333. The van der Waals surface area contributed by atoms with E-state index in [1.807, 2.05) is 4.90 Å². The molecule has 1 N–H and O–H groups in total. The molecule has 2 heterocycles. The number of fused-ring (bicyclic) bond motifs is 1. The summed E-state index contributed by atoms with van der Waals surface area (Å²) in [5, 5.41) is 9.68. The summed E-state index contributed by atoms with van der Waals surface area (Å²) in [6, 6.07) is 6.07. The number of benzene rings is 1. The Hall–Kier alpha value is -2.01.